The highest BCUT2D eigenvalue weighted by molar-refractivity contribution is 6.00. The van der Waals surface area contributed by atoms with E-state index in [4.69, 9.17) is 13.9 Å². The molecule has 0 radical (unpaired) electrons. The minimum atomic E-state index is -1.66. The summed E-state index contributed by atoms with van der Waals surface area (Å²) in [5, 5.41) is 2.85. The molecule has 0 spiro atoms. The molecule has 6 heterocycles. The van der Waals surface area contributed by atoms with Gasteiger partial charge in [0, 0.05) is 90.7 Å². The number of pyridine rings is 1. The number of nitrogens with one attached hydrogen (secondary N) is 1. The second-order valence-electron chi connectivity index (χ2n) is 15.4. The first kappa shape index (κ1) is 38.4. The normalized spacial score (nSPS) is 22.6. The van der Waals surface area contributed by atoms with Gasteiger partial charge in [-0.1, -0.05) is 24.8 Å². The Morgan fingerprint density at radius 2 is 1.70 bits per heavy atom. The van der Waals surface area contributed by atoms with Gasteiger partial charge in [-0.2, -0.15) is 0 Å². The molecule has 3 atom stereocenters. The number of halogens is 1. The van der Waals surface area contributed by atoms with Crippen molar-refractivity contribution in [2.45, 2.75) is 50.1 Å². The number of hydrogen-bond donors (Lipinski definition) is 1. The number of piperazine rings is 1. The molecule has 0 bridgehead atoms. The molecule has 5 aromatic rings. The van der Waals surface area contributed by atoms with E-state index >= 15 is 4.39 Å². The van der Waals surface area contributed by atoms with Crippen molar-refractivity contribution in [1.82, 2.24) is 33.7 Å². The van der Waals surface area contributed by atoms with Gasteiger partial charge in [-0.3, -0.25) is 43.5 Å². The number of ether oxygens (including phenoxy) is 2. The van der Waals surface area contributed by atoms with E-state index in [9.17, 15) is 19.2 Å². The Balaban J connectivity index is 0.951. The van der Waals surface area contributed by atoms with E-state index < -0.39 is 17.6 Å². The average Bonchev–Trinajstić information content (AvgIpc) is 3.80. The molecule has 0 aliphatic carbocycles. The first-order chi connectivity index (χ1) is 27.4. The molecular formula is C42H48FN7O7. The van der Waals surface area contributed by atoms with Crippen LogP contribution in [0, 0.1) is 0 Å². The number of rotatable bonds is 10. The Kier molecular flexibility index (Phi) is 10.2. The van der Waals surface area contributed by atoms with Crippen molar-refractivity contribution in [2.24, 2.45) is 14.1 Å². The highest BCUT2D eigenvalue weighted by atomic mass is 19.1. The summed E-state index contributed by atoms with van der Waals surface area (Å²) in [5.41, 5.74) is 3.05. The summed E-state index contributed by atoms with van der Waals surface area (Å²) in [4.78, 5) is 57.3. The Morgan fingerprint density at radius 1 is 0.965 bits per heavy atom. The number of carbonyl (C=O) groups excluding carboxylic acids is 2. The lowest BCUT2D eigenvalue weighted by atomic mass is 9.87. The number of aryl methyl sites for hydroxylation is 2. The van der Waals surface area contributed by atoms with Gasteiger partial charge < -0.3 is 18.5 Å². The van der Waals surface area contributed by atoms with E-state index in [1.165, 1.54) is 21.5 Å². The molecule has 3 unspecified atom stereocenters. The standard InChI is InChI=1S/C42H48FN7O7/c1-6-42(43)25-48(24-30-33(55-4)20-27(21-34(30)56-5)29-23-45(2)40(53)28-13-19-57-38(28)29)14-12-35(42)49-17-15-47(16-18-49)22-26-8-7-9-31-37(26)46(3)41(54)50(31)32-10-11-36(51)44-39(32)52/h6-9,13,19-21,23,32,35H,1,10-12,14-18,22,24-25H2,2-5H3,(H,44,51,52). The molecule has 3 aliphatic heterocycles. The molecule has 300 valence electrons. The summed E-state index contributed by atoms with van der Waals surface area (Å²) >= 11 is 0. The summed E-state index contributed by atoms with van der Waals surface area (Å²) in [5.74, 6) is 0.388. The first-order valence-corrected chi connectivity index (χ1v) is 19.3. The van der Waals surface area contributed by atoms with E-state index in [2.05, 4.69) is 26.6 Å². The molecule has 3 aromatic heterocycles. The molecule has 57 heavy (non-hydrogen) atoms. The fourth-order valence-corrected chi connectivity index (χ4v) is 9.16. The quantitative estimate of drug-likeness (QED) is 0.165. The molecule has 15 heteroatoms. The van der Waals surface area contributed by atoms with Crippen molar-refractivity contribution in [3.05, 3.63) is 93.5 Å². The van der Waals surface area contributed by atoms with Crippen LogP contribution in [0.4, 0.5) is 4.39 Å². The van der Waals surface area contributed by atoms with Gasteiger partial charge in [-0.25, -0.2) is 9.18 Å². The summed E-state index contributed by atoms with van der Waals surface area (Å²) in [6.07, 6.45) is 5.76. The molecule has 0 saturated carbocycles. The van der Waals surface area contributed by atoms with Crippen LogP contribution in [0.15, 0.2) is 75.5 Å². The topological polar surface area (TPSA) is 136 Å². The lowest BCUT2D eigenvalue weighted by Crippen LogP contribution is -2.62. The Morgan fingerprint density at radius 3 is 2.39 bits per heavy atom. The highest BCUT2D eigenvalue weighted by Crippen LogP contribution is 2.40. The van der Waals surface area contributed by atoms with Gasteiger partial charge in [-0.05, 0) is 48.2 Å². The van der Waals surface area contributed by atoms with Crippen LogP contribution in [0.1, 0.15) is 36.4 Å². The van der Waals surface area contributed by atoms with Gasteiger partial charge in [0.25, 0.3) is 5.56 Å². The van der Waals surface area contributed by atoms with Gasteiger partial charge >= 0.3 is 5.69 Å². The van der Waals surface area contributed by atoms with Crippen LogP contribution in [0.5, 0.6) is 11.5 Å². The second kappa shape index (κ2) is 15.1. The fourth-order valence-electron chi connectivity index (χ4n) is 9.16. The van der Waals surface area contributed by atoms with E-state index in [0.717, 1.165) is 27.8 Å². The van der Waals surface area contributed by atoms with Crippen molar-refractivity contribution in [3.63, 3.8) is 0 Å². The van der Waals surface area contributed by atoms with E-state index in [0.29, 0.717) is 80.2 Å². The summed E-state index contributed by atoms with van der Waals surface area (Å²) in [7, 11) is 6.61. The number of aromatic nitrogens is 3. The van der Waals surface area contributed by atoms with Crippen molar-refractivity contribution >= 4 is 33.8 Å². The number of nitrogens with zero attached hydrogens (tertiary/aromatic N) is 6. The van der Waals surface area contributed by atoms with E-state index in [1.807, 2.05) is 30.3 Å². The molecule has 3 saturated heterocycles. The molecular weight excluding hydrogens is 734 g/mol. The average molecular weight is 782 g/mol. The number of imidazole rings is 1. The number of amides is 2. The number of imide groups is 1. The summed E-state index contributed by atoms with van der Waals surface area (Å²) < 4.78 is 39.2. The lowest BCUT2D eigenvalue weighted by molar-refractivity contribution is -0.135. The zero-order valence-electron chi connectivity index (χ0n) is 32.8. The third-order valence-corrected chi connectivity index (χ3v) is 12.1. The summed E-state index contributed by atoms with van der Waals surface area (Å²) in [6.45, 7) is 8.54. The maximum atomic E-state index is 17.0. The zero-order chi connectivity index (χ0) is 40.2. The number of benzene rings is 2. The molecule has 2 aromatic carbocycles. The number of alkyl halides is 1. The molecule has 2 amide bonds. The van der Waals surface area contributed by atoms with Crippen LogP contribution in [0.25, 0.3) is 33.1 Å². The third kappa shape index (κ3) is 6.76. The zero-order valence-corrected chi connectivity index (χ0v) is 32.8. The maximum Gasteiger partial charge on any atom is 0.329 e. The van der Waals surface area contributed by atoms with Crippen LogP contribution in [-0.4, -0.2) is 105 Å². The molecule has 8 rings (SSSR count). The SMILES string of the molecule is C=CC1(F)CN(Cc2c(OC)cc(-c3cn(C)c(=O)c4ccoc34)cc2OC)CCC1N1CCN(Cc2cccc3c2n(C)c(=O)n3C2CCC(=O)NC2=O)CC1. The van der Waals surface area contributed by atoms with Gasteiger partial charge in [0.2, 0.25) is 11.8 Å². The largest absolute Gasteiger partial charge is 0.496 e. The van der Waals surface area contributed by atoms with Crippen LogP contribution in [0.3, 0.4) is 0 Å². The number of likely N-dealkylation sites (tertiary alicyclic amines) is 1. The Labute approximate surface area is 328 Å². The molecule has 3 aliphatic rings. The predicted molar refractivity (Wildman–Crippen MR) is 213 cm³/mol. The molecule has 14 nitrogen and oxygen atoms in total. The van der Waals surface area contributed by atoms with Crippen molar-refractivity contribution in [1.29, 1.82) is 0 Å². The number of carbonyl (C=O) groups is 2. The smallest absolute Gasteiger partial charge is 0.329 e. The number of fused-ring (bicyclic) bond motifs is 2. The highest BCUT2D eigenvalue weighted by Gasteiger charge is 2.45. The third-order valence-electron chi connectivity index (χ3n) is 12.1. The van der Waals surface area contributed by atoms with Crippen molar-refractivity contribution in [3.8, 4) is 22.6 Å². The maximum absolute atomic E-state index is 17.0. The van der Waals surface area contributed by atoms with Crippen LogP contribution in [0.2, 0.25) is 0 Å². The van der Waals surface area contributed by atoms with Crippen LogP contribution >= 0.6 is 0 Å². The van der Waals surface area contributed by atoms with Crippen molar-refractivity contribution < 1.29 is 27.9 Å². The predicted octanol–water partition coefficient (Wildman–Crippen LogP) is 3.73. The number of hydrogen-bond acceptors (Lipinski definition) is 10. The van der Waals surface area contributed by atoms with Crippen molar-refractivity contribution in [2.75, 3.05) is 53.5 Å². The number of piperidine rings is 2. The monoisotopic (exact) mass is 781 g/mol. The molecule has 1 N–H and O–H groups in total. The minimum absolute atomic E-state index is 0.149. The van der Waals surface area contributed by atoms with Gasteiger partial charge in [-0.15, -0.1) is 0 Å². The fraction of sp³-hybridized carbons (Fsp3) is 0.429. The van der Waals surface area contributed by atoms with E-state index in [-0.39, 0.29) is 42.6 Å². The van der Waals surface area contributed by atoms with Gasteiger partial charge in [0.1, 0.15) is 23.1 Å². The summed E-state index contributed by atoms with van der Waals surface area (Å²) in [6, 6.07) is 10.1. The number of furan rings is 1. The van der Waals surface area contributed by atoms with Crippen LogP contribution in [-0.2, 0) is 36.8 Å². The first-order valence-electron chi connectivity index (χ1n) is 19.3. The van der Waals surface area contributed by atoms with E-state index in [1.54, 1.807) is 45.1 Å². The lowest BCUT2D eigenvalue weighted by Gasteiger charge is -2.49. The Bertz CT molecular complexity index is 2490. The minimum Gasteiger partial charge on any atom is -0.496 e. The van der Waals surface area contributed by atoms with Crippen LogP contribution < -0.4 is 26.0 Å². The molecule has 3 fully saturated rings. The number of methoxy groups -OCH3 is 2. The number of para-hydroxylation sites is 1. The van der Waals surface area contributed by atoms with Gasteiger partial charge in [0.15, 0.2) is 5.67 Å². The Hall–Kier alpha value is -5.51. The van der Waals surface area contributed by atoms with Gasteiger partial charge in [0.05, 0.1) is 42.5 Å². The second-order valence-corrected chi connectivity index (χ2v) is 15.4.